The Hall–Kier alpha value is -2.63. The minimum Gasteiger partial charge on any atom is -0.487 e. The van der Waals surface area contributed by atoms with Crippen molar-refractivity contribution in [1.29, 1.82) is 0 Å². The number of hydrogen-bond acceptors (Lipinski definition) is 3. The van der Waals surface area contributed by atoms with Crippen molar-refractivity contribution in [2.24, 2.45) is 0 Å². The minimum atomic E-state index is -0.925. The van der Waals surface area contributed by atoms with Gasteiger partial charge < -0.3 is 14.6 Å². The molecule has 0 saturated heterocycles. The second-order valence-electron chi connectivity index (χ2n) is 7.68. The van der Waals surface area contributed by atoms with E-state index in [0.29, 0.717) is 29.7 Å². The number of carbonyl (C=O) groups is 1. The summed E-state index contributed by atoms with van der Waals surface area (Å²) < 4.78 is 40.0. The molecule has 0 saturated carbocycles. The molecule has 0 aromatic heterocycles. The Kier molecular flexibility index (Phi) is 5.59. The first kappa shape index (κ1) is 20.1. The molecular weight excluding hydrogens is 366 g/mol. The number of aliphatic carboxylic acids is 1. The van der Waals surface area contributed by atoms with Gasteiger partial charge in [0.25, 0.3) is 0 Å². The normalized spacial score (nSPS) is 14.5. The monoisotopic (exact) mass is 390 g/mol. The van der Waals surface area contributed by atoms with Gasteiger partial charge in [-0.3, -0.25) is 4.79 Å². The SMILES string of the molecule is CCc1cc(OCc2cc(F)cc3c2OC(C)(C)C3)c(F)cc1CCC(=O)O. The highest BCUT2D eigenvalue weighted by Crippen LogP contribution is 2.39. The summed E-state index contributed by atoms with van der Waals surface area (Å²) >= 11 is 0. The second kappa shape index (κ2) is 7.78. The quantitative estimate of drug-likeness (QED) is 0.735. The van der Waals surface area contributed by atoms with Crippen LogP contribution in [-0.4, -0.2) is 16.7 Å². The van der Waals surface area contributed by atoms with Crippen molar-refractivity contribution >= 4 is 5.97 Å². The molecule has 0 atom stereocenters. The van der Waals surface area contributed by atoms with Crippen LogP contribution in [-0.2, 0) is 30.7 Å². The third-order valence-corrected chi connectivity index (χ3v) is 4.83. The second-order valence-corrected chi connectivity index (χ2v) is 7.68. The predicted octanol–water partition coefficient (Wildman–Crippen LogP) is 4.84. The van der Waals surface area contributed by atoms with Gasteiger partial charge in [-0.25, -0.2) is 8.78 Å². The maximum absolute atomic E-state index is 14.5. The molecule has 0 spiro atoms. The molecule has 1 heterocycles. The summed E-state index contributed by atoms with van der Waals surface area (Å²) in [6.45, 7) is 5.75. The molecule has 0 unspecified atom stereocenters. The van der Waals surface area contributed by atoms with E-state index in [2.05, 4.69) is 0 Å². The molecule has 1 aliphatic heterocycles. The molecule has 4 nitrogen and oxygen atoms in total. The lowest BCUT2D eigenvalue weighted by molar-refractivity contribution is -0.136. The molecule has 1 N–H and O–H groups in total. The van der Waals surface area contributed by atoms with E-state index < -0.39 is 17.4 Å². The van der Waals surface area contributed by atoms with Crippen molar-refractivity contribution in [2.75, 3.05) is 0 Å². The zero-order valence-electron chi connectivity index (χ0n) is 16.3. The van der Waals surface area contributed by atoms with Crippen LogP contribution in [0.3, 0.4) is 0 Å². The first-order valence-corrected chi connectivity index (χ1v) is 9.34. The number of rotatable bonds is 7. The lowest BCUT2D eigenvalue weighted by Crippen LogP contribution is -2.25. The van der Waals surface area contributed by atoms with Gasteiger partial charge in [0.15, 0.2) is 11.6 Å². The fraction of sp³-hybridized carbons (Fsp3) is 0.409. The highest BCUT2D eigenvalue weighted by molar-refractivity contribution is 5.67. The van der Waals surface area contributed by atoms with E-state index in [9.17, 15) is 13.6 Å². The average molecular weight is 390 g/mol. The van der Waals surface area contributed by atoms with Crippen LogP contribution in [0.4, 0.5) is 8.78 Å². The zero-order valence-corrected chi connectivity index (χ0v) is 16.3. The molecule has 0 bridgehead atoms. The summed E-state index contributed by atoms with van der Waals surface area (Å²) in [5.41, 5.74) is 2.39. The number of carboxylic acid groups (broad SMARTS) is 1. The van der Waals surface area contributed by atoms with Crippen molar-refractivity contribution in [2.45, 2.75) is 58.7 Å². The Morgan fingerprint density at radius 3 is 2.61 bits per heavy atom. The van der Waals surface area contributed by atoms with Gasteiger partial charge in [-0.15, -0.1) is 0 Å². The smallest absolute Gasteiger partial charge is 0.303 e. The molecule has 2 aromatic rings. The molecule has 2 aromatic carbocycles. The van der Waals surface area contributed by atoms with E-state index in [1.165, 1.54) is 18.2 Å². The van der Waals surface area contributed by atoms with Crippen LogP contribution in [0.1, 0.15) is 49.4 Å². The Morgan fingerprint density at radius 1 is 1.18 bits per heavy atom. The van der Waals surface area contributed by atoms with E-state index in [1.807, 2.05) is 20.8 Å². The average Bonchev–Trinajstić information content (AvgIpc) is 2.92. The predicted molar refractivity (Wildman–Crippen MR) is 101 cm³/mol. The summed E-state index contributed by atoms with van der Waals surface area (Å²) in [6, 6.07) is 5.73. The number of ether oxygens (including phenoxy) is 2. The van der Waals surface area contributed by atoms with Crippen molar-refractivity contribution < 1.29 is 28.2 Å². The lowest BCUT2D eigenvalue weighted by Gasteiger charge is -2.18. The molecule has 0 amide bonds. The number of halogens is 2. The summed E-state index contributed by atoms with van der Waals surface area (Å²) in [5.74, 6) is -1.21. The van der Waals surface area contributed by atoms with Gasteiger partial charge in [-0.1, -0.05) is 6.92 Å². The first-order valence-electron chi connectivity index (χ1n) is 9.34. The van der Waals surface area contributed by atoms with Crippen molar-refractivity contribution in [3.05, 3.63) is 58.2 Å². The van der Waals surface area contributed by atoms with Crippen LogP contribution >= 0.6 is 0 Å². The molecule has 1 aliphatic rings. The van der Waals surface area contributed by atoms with Crippen LogP contribution in [0.5, 0.6) is 11.5 Å². The number of fused-ring (bicyclic) bond motifs is 1. The van der Waals surface area contributed by atoms with E-state index in [-0.39, 0.29) is 31.0 Å². The standard InChI is InChI=1S/C22H24F2O4/c1-4-13-10-19(18(24)9-14(13)5-6-20(25)26)27-12-16-8-17(23)7-15-11-22(2,3)28-21(15)16/h7-10H,4-6,11-12H2,1-3H3,(H,25,26). The number of carboxylic acids is 1. The molecule has 6 heteroatoms. The highest BCUT2D eigenvalue weighted by Gasteiger charge is 2.32. The Labute approximate surface area is 163 Å². The van der Waals surface area contributed by atoms with E-state index in [4.69, 9.17) is 14.6 Å². The van der Waals surface area contributed by atoms with Gasteiger partial charge in [0.1, 0.15) is 23.8 Å². The number of aryl methyl sites for hydroxylation is 2. The summed E-state index contributed by atoms with van der Waals surface area (Å²) in [5, 5.41) is 8.85. The fourth-order valence-electron chi connectivity index (χ4n) is 3.56. The van der Waals surface area contributed by atoms with Gasteiger partial charge in [0.05, 0.1) is 0 Å². The zero-order chi connectivity index (χ0) is 20.5. The van der Waals surface area contributed by atoms with Crippen LogP contribution < -0.4 is 9.47 Å². The molecular formula is C22H24F2O4. The third kappa shape index (κ3) is 4.43. The van der Waals surface area contributed by atoms with Crippen LogP contribution in [0.15, 0.2) is 24.3 Å². The van der Waals surface area contributed by atoms with Crippen LogP contribution in [0.2, 0.25) is 0 Å². The van der Waals surface area contributed by atoms with Crippen LogP contribution in [0, 0.1) is 11.6 Å². The fourth-order valence-corrected chi connectivity index (χ4v) is 3.56. The van der Waals surface area contributed by atoms with Gasteiger partial charge in [0, 0.05) is 24.0 Å². The van der Waals surface area contributed by atoms with Crippen molar-refractivity contribution in [3.63, 3.8) is 0 Å². The van der Waals surface area contributed by atoms with E-state index >= 15 is 0 Å². The first-order chi connectivity index (χ1) is 13.2. The lowest BCUT2D eigenvalue weighted by atomic mass is 10.00. The molecule has 0 fully saturated rings. The molecule has 28 heavy (non-hydrogen) atoms. The van der Waals surface area contributed by atoms with Gasteiger partial charge in [-0.05, 0) is 62.1 Å². The summed E-state index contributed by atoms with van der Waals surface area (Å²) in [7, 11) is 0. The largest absolute Gasteiger partial charge is 0.487 e. The highest BCUT2D eigenvalue weighted by atomic mass is 19.1. The van der Waals surface area contributed by atoms with Gasteiger partial charge in [0.2, 0.25) is 0 Å². The van der Waals surface area contributed by atoms with Crippen molar-refractivity contribution in [3.8, 4) is 11.5 Å². The van der Waals surface area contributed by atoms with E-state index in [1.54, 1.807) is 6.07 Å². The molecule has 0 radical (unpaired) electrons. The Balaban J connectivity index is 1.81. The van der Waals surface area contributed by atoms with Crippen LogP contribution in [0.25, 0.3) is 0 Å². The maximum Gasteiger partial charge on any atom is 0.303 e. The third-order valence-electron chi connectivity index (χ3n) is 4.83. The summed E-state index contributed by atoms with van der Waals surface area (Å²) in [6.07, 6.45) is 1.42. The topological polar surface area (TPSA) is 55.8 Å². The van der Waals surface area contributed by atoms with Gasteiger partial charge in [-0.2, -0.15) is 0 Å². The number of hydrogen-bond donors (Lipinski definition) is 1. The summed E-state index contributed by atoms with van der Waals surface area (Å²) in [4.78, 5) is 10.8. The molecule has 0 aliphatic carbocycles. The molecule has 3 rings (SSSR count). The maximum atomic E-state index is 14.5. The minimum absolute atomic E-state index is 0.0231. The molecule has 150 valence electrons. The van der Waals surface area contributed by atoms with Gasteiger partial charge >= 0.3 is 5.97 Å². The Morgan fingerprint density at radius 2 is 1.93 bits per heavy atom. The number of benzene rings is 2. The van der Waals surface area contributed by atoms with Crippen molar-refractivity contribution in [1.82, 2.24) is 0 Å². The van der Waals surface area contributed by atoms with E-state index in [0.717, 1.165) is 11.1 Å². The Bertz CT molecular complexity index is 906.